The van der Waals surface area contributed by atoms with E-state index in [4.69, 9.17) is 5.73 Å². The second-order valence-corrected chi connectivity index (χ2v) is 5.34. The topological polar surface area (TPSA) is 56.2 Å². The van der Waals surface area contributed by atoms with Crippen LogP contribution >= 0.6 is 0 Å². The molecule has 0 saturated heterocycles. The summed E-state index contributed by atoms with van der Waals surface area (Å²) >= 11 is 0. The fraction of sp³-hybridized carbons (Fsp3) is 0.250. The highest BCUT2D eigenvalue weighted by molar-refractivity contribution is 5.65. The number of nitrogen functional groups attached to an aromatic ring is 1. The molecular formula is C16H16N4. The van der Waals surface area contributed by atoms with Gasteiger partial charge in [0.2, 0.25) is 5.95 Å². The summed E-state index contributed by atoms with van der Waals surface area (Å²) < 4.78 is 1.82. The zero-order valence-corrected chi connectivity index (χ0v) is 11.2. The van der Waals surface area contributed by atoms with Crippen LogP contribution in [0, 0.1) is 0 Å². The van der Waals surface area contributed by atoms with E-state index in [1.165, 1.54) is 42.4 Å². The van der Waals surface area contributed by atoms with Gasteiger partial charge < -0.3 is 5.73 Å². The summed E-state index contributed by atoms with van der Waals surface area (Å²) in [5.74, 6) is 0.315. The molecule has 0 amide bonds. The lowest BCUT2D eigenvalue weighted by Gasteiger charge is -2.16. The zero-order chi connectivity index (χ0) is 13.5. The Morgan fingerprint density at radius 1 is 1.00 bits per heavy atom. The van der Waals surface area contributed by atoms with Gasteiger partial charge in [-0.1, -0.05) is 18.2 Å². The predicted octanol–water partition coefficient (Wildman–Crippen LogP) is 2.86. The second-order valence-electron chi connectivity index (χ2n) is 5.34. The first kappa shape index (κ1) is 11.5. The number of hydrogen-bond donors (Lipinski definition) is 1. The molecule has 1 aliphatic carbocycles. The number of anilines is 1. The van der Waals surface area contributed by atoms with Gasteiger partial charge in [-0.3, -0.25) is 0 Å². The average Bonchev–Trinajstić information content (AvgIpc) is 2.86. The maximum Gasteiger partial charge on any atom is 0.240 e. The molecule has 100 valence electrons. The first-order valence-corrected chi connectivity index (χ1v) is 7.05. The third-order valence-corrected chi connectivity index (χ3v) is 4.02. The molecule has 0 spiro atoms. The van der Waals surface area contributed by atoms with Gasteiger partial charge in [-0.2, -0.15) is 4.98 Å². The van der Waals surface area contributed by atoms with Crippen LogP contribution in [0.5, 0.6) is 0 Å². The molecule has 4 nitrogen and oxygen atoms in total. The summed E-state index contributed by atoms with van der Waals surface area (Å²) in [6.45, 7) is 0. The molecule has 0 unspecified atom stereocenters. The van der Waals surface area contributed by atoms with Crippen molar-refractivity contribution in [3.63, 3.8) is 0 Å². The molecule has 2 heterocycles. The van der Waals surface area contributed by atoms with Gasteiger partial charge in [0, 0.05) is 5.56 Å². The van der Waals surface area contributed by atoms with Crippen molar-refractivity contribution in [3.05, 3.63) is 47.5 Å². The van der Waals surface area contributed by atoms with E-state index in [9.17, 15) is 0 Å². The van der Waals surface area contributed by atoms with Gasteiger partial charge in [-0.05, 0) is 55.0 Å². The Kier molecular flexibility index (Phi) is 2.49. The highest BCUT2D eigenvalue weighted by atomic mass is 15.3. The number of nitrogens with zero attached hydrogens (tertiary/aromatic N) is 3. The lowest BCUT2D eigenvalue weighted by Crippen LogP contribution is -2.03. The molecule has 2 N–H and O–H groups in total. The van der Waals surface area contributed by atoms with Gasteiger partial charge in [-0.15, -0.1) is 5.10 Å². The smallest absolute Gasteiger partial charge is 0.240 e. The number of benzene rings is 1. The van der Waals surface area contributed by atoms with Crippen LogP contribution in [0.3, 0.4) is 0 Å². The molecule has 4 rings (SSSR count). The Balaban J connectivity index is 1.90. The van der Waals surface area contributed by atoms with E-state index in [1.807, 2.05) is 16.6 Å². The number of hydrogen-bond acceptors (Lipinski definition) is 3. The molecule has 0 bridgehead atoms. The average molecular weight is 264 g/mol. The van der Waals surface area contributed by atoms with E-state index >= 15 is 0 Å². The summed E-state index contributed by atoms with van der Waals surface area (Å²) in [6, 6.07) is 12.7. The van der Waals surface area contributed by atoms with Crippen LogP contribution in [0.15, 0.2) is 36.4 Å². The van der Waals surface area contributed by atoms with Crippen LogP contribution < -0.4 is 5.73 Å². The van der Waals surface area contributed by atoms with Crippen molar-refractivity contribution >= 4 is 11.6 Å². The molecule has 0 radical (unpaired) electrons. The first-order chi connectivity index (χ1) is 9.81. The Hall–Kier alpha value is -2.36. The first-order valence-electron chi connectivity index (χ1n) is 7.05. The standard InChI is InChI=1S/C16H16N4/c17-16-18-15-7-3-6-14(20(15)19-16)13-9-8-11-4-1-2-5-12(11)10-13/h3,6-10H,1-2,4-5H2,(H2,17,19). The minimum Gasteiger partial charge on any atom is -0.366 e. The van der Waals surface area contributed by atoms with Crippen molar-refractivity contribution in [1.29, 1.82) is 0 Å². The summed E-state index contributed by atoms with van der Waals surface area (Å²) in [5, 5.41) is 4.28. The quantitative estimate of drug-likeness (QED) is 0.735. The van der Waals surface area contributed by atoms with Gasteiger partial charge in [-0.25, -0.2) is 4.52 Å². The highest BCUT2D eigenvalue weighted by Gasteiger charge is 2.12. The lowest BCUT2D eigenvalue weighted by molar-refractivity contribution is 0.686. The fourth-order valence-corrected chi connectivity index (χ4v) is 3.03. The van der Waals surface area contributed by atoms with Crippen molar-refractivity contribution < 1.29 is 0 Å². The Morgan fingerprint density at radius 3 is 2.75 bits per heavy atom. The van der Waals surface area contributed by atoms with Gasteiger partial charge >= 0.3 is 0 Å². The van der Waals surface area contributed by atoms with Gasteiger partial charge in [0.1, 0.15) is 0 Å². The number of aromatic nitrogens is 3. The largest absolute Gasteiger partial charge is 0.366 e. The SMILES string of the molecule is Nc1nc2cccc(-c3ccc4c(c3)CCCC4)n2n1. The monoisotopic (exact) mass is 264 g/mol. The third-order valence-electron chi connectivity index (χ3n) is 4.02. The highest BCUT2D eigenvalue weighted by Crippen LogP contribution is 2.27. The zero-order valence-electron chi connectivity index (χ0n) is 11.2. The fourth-order valence-electron chi connectivity index (χ4n) is 3.03. The molecule has 0 fully saturated rings. The van der Waals surface area contributed by atoms with Crippen molar-refractivity contribution in [3.8, 4) is 11.3 Å². The van der Waals surface area contributed by atoms with Gasteiger partial charge in [0.25, 0.3) is 0 Å². The Morgan fingerprint density at radius 2 is 1.85 bits per heavy atom. The van der Waals surface area contributed by atoms with Crippen molar-refractivity contribution in [2.45, 2.75) is 25.7 Å². The summed E-state index contributed by atoms with van der Waals surface area (Å²) in [5.41, 5.74) is 11.7. The Labute approximate surface area is 117 Å². The molecule has 0 saturated carbocycles. The van der Waals surface area contributed by atoms with Crippen LogP contribution in [-0.4, -0.2) is 14.6 Å². The van der Waals surface area contributed by atoms with Gasteiger partial charge in [0.05, 0.1) is 5.69 Å². The molecule has 0 atom stereocenters. The van der Waals surface area contributed by atoms with Gasteiger partial charge in [0.15, 0.2) is 5.65 Å². The summed E-state index contributed by atoms with van der Waals surface area (Å²) in [7, 11) is 0. The Bertz CT molecular complexity index is 788. The molecule has 1 aliphatic rings. The number of pyridine rings is 1. The van der Waals surface area contributed by atoms with E-state index in [-0.39, 0.29) is 0 Å². The van der Waals surface area contributed by atoms with Crippen molar-refractivity contribution in [1.82, 2.24) is 14.6 Å². The third kappa shape index (κ3) is 1.76. The van der Waals surface area contributed by atoms with Crippen LogP contribution in [0.1, 0.15) is 24.0 Å². The lowest BCUT2D eigenvalue weighted by atomic mass is 9.90. The molecule has 4 heteroatoms. The minimum atomic E-state index is 0.315. The summed E-state index contributed by atoms with van der Waals surface area (Å²) in [6.07, 6.45) is 4.98. The van der Waals surface area contributed by atoms with Crippen molar-refractivity contribution in [2.75, 3.05) is 5.73 Å². The van der Waals surface area contributed by atoms with E-state index in [0.717, 1.165) is 11.3 Å². The van der Waals surface area contributed by atoms with Crippen LogP contribution in [0.25, 0.3) is 16.9 Å². The van der Waals surface area contributed by atoms with E-state index in [2.05, 4.69) is 34.3 Å². The molecule has 20 heavy (non-hydrogen) atoms. The van der Waals surface area contributed by atoms with Crippen molar-refractivity contribution in [2.24, 2.45) is 0 Å². The number of rotatable bonds is 1. The molecular weight excluding hydrogens is 248 g/mol. The maximum atomic E-state index is 5.71. The molecule has 1 aromatic carbocycles. The molecule has 3 aromatic rings. The number of aryl methyl sites for hydroxylation is 2. The normalized spacial score (nSPS) is 14.4. The maximum absolute atomic E-state index is 5.71. The number of nitrogens with two attached hydrogens (primary N) is 1. The summed E-state index contributed by atoms with van der Waals surface area (Å²) in [4.78, 5) is 4.22. The van der Waals surface area contributed by atoms with Crippen LogP contribution in [0.4, 0.5) is 5.95 Å². The number of fused-ring (bicyclic) bond motifs is 2. The van der Waals surface area contributed by atoms with E-state index < -0.39 is 0 Å². The van der Waals surface area contributed by atoms with E-state index in [1.54, 1.807) is 0 Å². The molecule has 2 aromatic heterocycles. The van der Waals surface area contributed by atoms with Crippen LogP contribution in [0.2, 0.25) is 0 Å². The van der Waals surface area contributed by atoms with Crippen LogP contribution in [-0.2, 0) is 12.8 Å². The molecule has 0 aliphatic heterocycles. The predicted molar refractivity (Wildman–Crippen MR) is 79.5 cm³/mol. The van der Waals surface area contributed by atoms with E-state index in [0.29, 0.717) is 5.95 Å². The minimum absolute atomic E-state index is 0.315. The second kappa shape index (κ2) is 4.34.